The smallest absolute Gasteiger partial charge is 0.0576 e. The molecule has 0 aromatic rings. The second-order valence-corrected chi connectivity index (χ2v) is 6.00. The Morgan fingerprint density at radius 1 is 1.33 bits per heavy atom. The predicted octanol–water partition coefficient (Wildman–Crippen LogP) is 2.39. The average Bonchev–Trinajstić information content (AvgIpc) is 2.92. The highest BCUT2D eigenvalue weighted by Crippen LogP contribution is 2.25. The van der Waals surface area contributed by atoms with E-state index < -0.39 is 0 Å². The van der Waals surface area contributed by atoms with Crippen molar-refractivity contribution in [3.63, 3.8) is 0 Å². The van der Waals surface area contributed by atoms with E-state index in [1.807, 2.05) is 0 Å². The van der Waals surface area contributed by atoms with Crippen molar-refractivity contribution in [1.29, 1.82) is 0 Å². The molecule has 0 aromatic heterocycles. The van der Waals surface area contributed by atoms with Crippen LogP contribution in [0.15, 0.2) is 0 Å². The van der Waals surface area contributed by atoms with Gasteiger partial charge in [0.25, 0.3) is 0 Å². The van der Waals surface area contributed by atoms with Gasteiger partial charge in [-0.25, -0.2) is 0 Å². The SMILES string of the molecule is CCC1CCN(CCCC2CCCO2)C(CN)C1. The van der Waals surface area contributed by atoms with Gasteiger partial charge < -0.3 is 10.5 Å². The van der Waals surface area contributed by atoms with Crippen LogP contribution in [0.2, 0.25) is 0 Å². The van der Waals surface area contributed by atoms with Crippen molar-refractivity contribution in [1.82, 2.24) is 4.90 Å². The number of ether oxygens (including phenoxy) is 1. The van der Waals surface area contributed by atoms with Crippen LogP contribution >= 0.6 is 0 Å². The highest BCUT2D eigenvalue weighted by molar-refractivity contribution is 4.82. The van der Waals surface area contributed by atoms with Gasteiger partial charge in [0.2, 0.25) is 0 Å². The van der Waals surface area contributed by atoms with Gasteiger partial charge in [-0.1, -0.05) is 13.3 Å². The molecule has 0 aromatic carbocycles. The summed E-state index contributed by atoms with van der Waals surface area (Å²) in [5.41, 5.74) is 5.94. The molecule has 3 nitrogen and oxygen atoms in total. The molecule has 2 rings (SSSR count). The Hall–Kier alpha value is -0.120. The van der Waals surface area contributed by atoms with Crippen molar-refractivity contribution in [3.05, 3.63) is 0 Å². The molecule has 2 heterocycles. The summed E-state index contributed by atoms with van der Waals surface area (Å²) in [4.78, 5) is 2.63. The maximum Gasteiger partial charge on any atom is 0.0576 e. The second-order valence-electron chi connectivity index (χ2n) is 6.00. The fourth-order valence-corrected chi connectivity index (χ4v) is 3.49. The number of rotatable bonds is 6. The Bertz CT molecular complexity index is 229. The summed E-state index contributed by atoms with van der Waals surface area (Å²) in [5.74, 6) is 0.910. The van der Waals surface area contributed by atoms with Gasteiger partial charge in [0.05, 0.1) is 6.10 Å². The van der Waals surface area contributed by atoms with Crippen LogP contribution < -0.4 is 5.73 Å². The van der Waals surface area contributed by atoms with Gasteiger partial charge in [0, 0.05) is 19.2 Å². The van der Waals surface area contributed by atoms with Gasteiger partial charge >= 0.3 is 0 Å². The summed E-state index contributed by atoms with van der Waals surface area (Å²) in [6.07, 6.45) is 9.61. The molecule has 0 bridgehead atoms. The minimum atomic E-state index is 0.550. The predicted molar refractivity (Wildman–Crippen MR) is 75.6 cm³/mol. The number of nitrogens with zero attached hydrogens (tertiary/aromatic N) is 1. The molecule has 2 saturated heterocycles. The molecule has 2 N–H and O–H groups in total. The van der Waals surface area contributed by atoms with Crippen molar-refractivity contribution < 1.29 is 4.74 Å². The fourth-order valence-electron chi connectivity index (χ4n) is 3.49. The molecular weight excluding hydrogens is 224 g/mol. The maximum absolute atomic E-state index is 5.94. The highest BCUT2D eigenvalue weighted by atomic mass is 16.5. The first-order chi connectivity index (χ1) is 8.83. The first-order valence-electron chi connectivity index (χ1n) is 7.89. The van der Waals surface area contributed by atoms with Gasteiger partial charge in [0.1, 0.15) is 0 Å². The number of hydrogen-bond acceptors (Lipinski definition) is 3. The summed E-state index contributed by atoms with van der Waals surface area (Å²) < 4.78 is 5.69. The van der Waals surface area contributed by atoms with E-state index in [2.05, 4.69) is 11.8 Å². The standard InChI is InChI=1S/C15H30N2O/c1-2-13-7-9-17(14(11-13)12-16)8-3-5-15-6-4-10-18-15/h13-15H,2-12,16H2,1H3. The molecule has 2 aliphatic heterocycles. The fraction of sp³-hybridized carbons (Fsp3) is 1.00. The second kappa shape index (κ2) is 7.46. The lowest BCUT2D eigenvalue weighted by Crippen LogP contribution is -2.46. The normalized spacial score (nSPS) is 34.0. The van der Waals surface area contributed by atoms with Crippen LogP contribution in [0, 0.1) is 5.92 Å². The summed E-state index contributed by atoms with van der Waals surface area (Å²) >= 11 is 0. The Kier molecular flexibility index (Phi) is 5.93. The Morgan fingerprint density at radius 3 is 2.89 bits per heavy atom. The summed E-state index contributed by atoms with van der Waals surface area (Å²) in [5, 5.41) is 0. The van der Waals surface area contributed by atoms with Crippen molar-refractivity contribution >= 4 is 0 Å². The van der Waals surface area contributed by atoms with Crippen molar-refractivity contribution in [2.45, 2.75) is 64.0 Å². The summed E-state index contributed by atoms with van der Waals surface area (Å²) in [6.45, 7) is 6.60. The van der Waals surface area contributed by atoms with E-state index in [9.17, 15) is 0 Å². The lowest BCUT2D eigenvalue weighted by Gasteiger charge is -2.39. The Labute approximate surface area is 112 Å². The molecule has 3 heteroatoms. The first kappa shape index (κ1) is 14.3. The van der Waals surface area contributed by atoms with E-state index in [0.29, 0.717) is 12.1 Å². The summed E-state index contributed by atoms with van der Waals surface area (Å²) in [6, 6.07) is 0.633. The largest absolute Gasteiger partial charge is 0.378 e. The van der Waals surface area contributed by atoms with Crippen LogP contribution in [-0.4, -0.2) is 43.3 Å². The van der Waals surface area contributed by atoms with E-state index in [-0.39, 0.29) is 0 Å². The van der Waals surface area contributed by atoms with E-state index in [1.54, 1.807) is 0 Å². The van der Waals surface area contributed by atoms with Crippen LogP contribution in [0.1, 0.15) is 51.9 Å². The minimum Gasteiger partial charge on any atom is -0.378 e. The minimum absolute atomic E-state index is 0.550. The molecular formula is C15H30N2O. The Morgan fingerprint density at radius 2 is 2.22 bits per heavy atom. The molecule has 2 fully saturated rings. The van der Waals surface area contributed by atoms with Crippen LogP contribution in [0.4, 0.5) is 0 Å². The first-order valence-corrected chi connectivity index (χ1v) is 7.89. The molecule has 2 aliphatic rings. The van der Waals surface area contributed by atoms with Crippen LogP contribution in [0.3, 0.4) is 0 Å². The average molecular weight is 254 g/mol. The zero-order valence-electron chi connectivity index (χ0n) is 11.9. The molecule has 0 radical (unpaired) electrons. The highest BCUT2D eigenvalue weighted by Gasteiger charge is 2.26. The van der Waals surface area contributed by atoms with Crippen LogP contribution in [0.5, 0.6) is 0 Å². The van der Waals surface area contributed by atoms with Gasteiger partial charge in [0.15, 0.2) is 0 Å². The van der Waals surface area contributed by atoms with Gasteiger partial charge in [-0.3, -0.25) is 4.90 Å². The van der Waals surface area contributed by atoms with E-state index in [4.69, 9.17) is 10.5 Å². The van der Waals surface area contributed by atoms with E-state index >= 15 is 0 Å². The lowest BCUT2D eigenvalue weighted by molar-refractivity contribution is 0.0839. The maximum atomic E-state index is 5.94. The number of nitrogens with two attached hydrogens (primary N) is 1. The monoisotopic (exact) mass is 254 g/mol. The molecule has 3 unspecified atom stereocenters. The lowest BCUT2D eigenvalue weighted by atomic mass is 9.88. The Balaban J connectivity index is 1.67. The summed E-state index contributed by atoms with van der Waals surface area (Å²) in [7, 11) is 0. The third-order valence-corrected chi connectivity index (χ3v) is 4.79. The number of piperidine rings is 1. The van der Waals surface area contributed by atoms with Gasteiger partial charge in [-0.15, -0.1) is 0 Å². The molecule has 0 amide bonds. The van der Waals surface area contributed by atoms with Crippen molar-refractivity contribution in [3.8, 4) is 0 Å². The van der Waals surface area contributed by atoms with Gasteiger partial charge in [-0.05, 0) is 57.5 Å². The zero-order valence-corrected chi connectivity index (χ0v) is 11.9. The number of hydrogen-bond donors (Lipinski definition) is 1. The number of likely N-dealkylation sites (tertiary alicyclic amines) is 1. The van der Waals surface area contributed by atoms with Crippen LogP contribution in [0.25, 0.3) is 0 Å². The van der Waals surface area contributed by atoms with Crippen molar-refractivity contribution in [2.75, 3.05) is 26.2 Å². The van der Waals surface area contributed by atoms with E-state index in [1.165, 1.54) is 58.0 Å². The van der Waals surface area contributed by atoms with E-state index in [0.717, 1.165) is 19.1 Å². The third kappa shape index (κ3) is 3.94. The molecule has 3 atom stereocenters. The third-order valence-electron chi connectivity index (χ3n) is 4.79. The quantitative estimate of drug-likeness (QED) is 0.791. The molecule has 106 valence electrons. The topological polar surface area (TPSA) is 38.5 Å². The van der Waals surface area contributed by atoms with Crippen LogP contribution in [-0.2, 0) is 4.74 Å². The zero-order chi connectivity index (χ0) is 12.8. The molecule has 0 spiro atoms. The van der Waals surface area contributed by atoms with Crippen molar-refractivity contribution in [2.24, 2.45) is 11.7 Å². The molecule has 0 saturated carbocycles. The molecule has 18 heavy (non-hydrogen) atoms. The van der Waals surface area contributed by atoms with Gasteiger partial charge in [-0.2, -0.15) is 0 Å². The molecule has 0 aliphatic carbocycles.